The van der Waals surface area contributed by atoms with Gasteiger partial charge in [0.1, 0.15) is 0 Å². The summed E-state index contributed by atoms with van der Waals surface area (Å²) >= 11 is 0. The Morgan fingerprint density at radius 1 is 0.895 bits per heavy atom. The highest BCUT2D eigenvalue weighted by molar-refractivity contribution is 5.93. The zero-order valence-corrected chi connectivity index (χ0v) is 13.3. The van der Waals surface area contributed by atoms with Crippen molar-refractivity contribution in [2.24, 2.45) is 0 Å². The van der Waals surface area contributed by atoms with E-state index in [9.17, 15) is 4.79 Å². The highest BCUT2D eigenvalue weighted by Gasteiger charge is 2.06. The highest BCUT2D eigenvalue weighted by Crippen LogP contribution is 2.08. The Kier molecular flexibility index (Phi) is 13.1. The smallest absolute Gasteiger partial charge is 0.246 e. The first-order valence-electron chi connectivity index (χ1n) is 8.23. The van der Waals surface area contributed by atoms with Crippen LogP contribution in [0.1, 0.15) is 85.0 Å². The van der Waals surface area contributed by atoms with Crippen LogP contribution < -0.4 is 5.32 Å². The van der Waals surface area contributed by atoms with Crippen LogP contribution >= 0.6 is 0 Å². The molecule has 0 fully saturated rings. The maximum atomic E-state index is 12.0. The van der Waals surface area contributed by atoms with Crippen LogP contribution in [0.2, 0.25) is 0 Å². The molecule has 112 valence electrons. The van der Waals surface area contributed by atoms with Crippen molar-refractivity contribution >= 4 is 5.91 Å². The molecule has 0 saturated carbocycles. The van der Waals surface area contributed by atoms with Crippen LogP contribution in [0.5, 0.6) is 0 Å². The fourth-order valence-electron chi connectivity index (χ4n) is 2.12. The lowest BCUT2D eigenvalue weighted by Gasteiger charge is -2.08. The summed E-state index contributed by atoms with van der Waals surface area (Å²) in [5.41, 5.74) is 0.982. The Morgan fingerprint density at radius 3 is 2.21 bits per heavy atom. The molecule has 0 atom stereocenters. The van der Waals surface area contributed by atoms with Crippen LogP contribution in [-0.2, 0) is 4.79 Å². The molecule has 0 aromatic rings. The number of amides is 1. The fraction of sp³-hybridized carbons (Fsp3) is 0.824. The van der Waals surface area contributed by atoms with E-state index >= 15 is 0 Å². The summed E-state index contributed by atoms with van der Waals surface area (Å²) in [4.78, 5) is 12.0. The Hall–Kier alpha value is -0.790. The van der Waals surface area contributed by atoms with Crippen molar-refractivity contribution in [3.05, 3.63) is 11.6 Å². The summed E-state index contributed by atoms with van der Waals surface area (Å²) < 4.78 is 0. The molecule has 0 bridgehead atoms. The predicted molar refractivity (Wildman–Crippen MR) is 84.3 cm³/mol. The Labute approximate surface area is 120 Å². The number of carbonyl (C=O) groups excluding carboxylic acids is 1. The molecule has 19 heavy (non-hydrogen) atoms. The van der Waals surface area contributed by atoms with E-state index in [-0.39, 0.29) is 5.91 Å². The summed E-state index contributed by atoms with van der Waals surface area (Å²) in [5, 5.41) is 3.06. The molecular weight excluding hydrogens is 234 g/mol. The molecule has 0 rings (SSSR count). The van der Waals surface area contributed by atoms with Crippen LogP contribution in [0.15, 0.2) is 11.6 Å². The second-order valence-electron chi connectivity index (χ2n) is 5.29. The third kappa shape index (κ3) is 10.8. The number of nitrogens with one attached hydrogen (secondary N) is 1. The first kappa shape index (κ1) is 18.2. The quantitative estimate of drug-likeness (QED) is 0.392. The molecule has 0 aliphatic rings. The summed E-state index contributed by atoms with van der Waals surface area (Å²) in [6, 6.07) is 0. The third-order valence-electron chi connectivity index (χ3n) is 3.31. The summed E-state index contributed by atoms with van der Waals surface area (Å²) in [6.07, 6.45) is 13.8. The van der Waals surface area contributed by atoms with Crippen LogP contribution in [-0.4, -0.2) is 12.5 Å². The second kappa shape index (κ2) is 13.6. The van der Waals surface area contributed by atoms with E-state index < -0.39 is 0 Å². The van der Waals surface area contributed by atoms with Gasteiger partial charge < -0.3 is 5.32 Å². The van der Waals surface area contributed by atoms with E-state index in [1.54, 1.807) is 0 Å². The van der Waals surface area contributed by atoms with E-state index in [4.69, 9.17) is 0 Å². The van der Waals surface area contributed by atoms with Gasteiger partial charge in [0.15, 0.2) is 0 Å². The summed E-state index contributed by atoms with van der Waals surface area (Å²) in [5.74, 6) is 0.156. The predicted octanol–water partition coefficient (Wildman–Crippen LogP) is 4.99. The van der Waals surface area contributed by atoms with Crippen LogP contribution in [0.4, 0.5) is 0 Å². The van der Waals surface area contributed by atoms with Crippen LogP contribution in [0.3, 0.4) is 0 Å². The number of allylic oxidation sites excluding steroid dienone is 1. The van der Waals surface area contributed by atoms with E-state index in [1.165, 1.54) is 32.1 Å². The zero-order valence-electron chi connectivity index (χ0n) is 13.3. The van der Waals surface area contributed by atoms with Crippen LogP contribution in [0, 0.1) is 0 Å². The first-order chi connectivity index (χ1) is 9.26. The topological polar surface area (TPSA) is 29.1 Å². The minimum atomic E-state index is 0.156. The molecule has 0 spiro atoms. The zero-order chi connectivity index (χ0) is 14.3. The van der Waals surface area contributed by atoms with Crippen molar-refractivity contribution in [1.29, 1.82) is 0 Å². The van der Waals surface area contributed by atoms with Gasteiger partial charge in [-0.1, -0.05) is 71.8 Å². The molecule has 0 aromatic carbocycles. The van der Waals surface area contributed by atoms with Gasteiger partial charge in [-0.25, -0.2) is 0 Å². The largest absolute Gasteiger partial charge is 0.352 e. The summed E-state index contributed by atoms with van der Waals surface area (Å²) in [6.45, 7) is 7.34. The van der Waals surface area contributed by atoms with Gasteiger partial charge in [0.05, 0.1) is 0 Å². The van der Waals surface area contributed by atoms with Crippen molar-refractivity contribution in [2.45, 2.75) is 85.0 Å². The van der Waals surface area contributed by atoms with Crippen molar-refractivity contribution in [3.8, 4) is 0 Å². The molecule has 0 aliphatic heterocycles. The standard InChI is InChI=1S/C17H33NO/c1-4-7-9-10-11-12-15-18-17(19)16(13-6-3)14-8-5-2/h14H,4-13,15H2,1-3H3,(H,18,19)/b16-14+. The van der Waals surface area contributed by atoms with Crippen molar-refractivity contribution < 1.29 is 4.79 Å². The maximum absolute atomic E-state index is 12.0. The highest BCUT2D eigenvalue weighted by atomic mass is 16.1. The molecule has 0 aliphatic carbocycles. The van der Waals surface area contributed by atoms with E-state index in [2.05, 4.69) is 32.2 Å². The molecule has 0 radical (unpaired) electrons. The Bertz CT molecular complexity index is 246. The van der Waals surface area contributed by atoms with Gasteiger partial charge in [-0.15, -0.1) is 0 Å². The molecule has 0 aromatic heterocycles. The van der Waals surface area contributed by atoms with Crippen LogP contribution in [0.25, 0.3) is 0 Å². The number of unbranched alkanes of at least 4 members (excludes halogenated alkanes) is 6. The number of hydrogen-bond acceptors (Lipinski definition) is 1. The van der Waals surface area contributed by atoms with E-state index in [0.717, 1.165) is 44.2 Å². The number of carbonyl (C=O) groups is 1. The molecule has 1 N–H and O–H groups in total. The molecule has 2 heteroatoms. The Balaban J connectivity index is 3.74. The van der Waals surface area contributed by atoms with Gasteiger partial charge in [0, 0.05) is 12.1 Å². The second-order valence-corrected chi connectivity index (χ2v) is 5.29. The van der Waals surface area contributed by atoms with Gasteiger partial charge in [-0.2, -0.15) is 0 Å². The lowest BCUT2D eigenvalue weighted by molar-refractivity contribution is -0.117. The van der Waals surface area contributed by atoms with Gasteiger partial charge in [0.25, 0.3) is 0 Å². The number of hydrogen-bond donors (Lipinski definition) is 1. The van der Waals surface area contributed by atoms with Gasteiger partial charge in [-0.3, -0.25) is 4.79 Å². The van der Waals surface area contributed by atoms with Gasteiger partial charge in [-0.05, 0) is 19.3 Å². The molecule has 2 nitrogen and oxygen atoms in total. The summed E-state index contributed by atoms with van der Waals surface area (Å²) in [7, 11) is 0. The normalized spacial score (nSPS) is 11.6. The lowest BCUT2D eigenvalue weighted by Crippen LogP contribution is -2.26. The van der Waals surface area contributed by atoms with E-state index in [0.29, 0.717) is 0 Å². The fourth-order valence-corrected chi connectivity index (χ4v) is 2.12. The molecule has 0 saturated heterocycles. The minimum Gasteiger partial charge on any atom is -0.352 e. The van der Waals surface area contributed by atoms with Gasteiger partial charge >= 0.3 is 0 Å². The minimum absolute atomic E-state index is 0.156. The SMILES string of the molecule is CCC/C=C(\CCC)C(=O)NCCCCCCCC. The number of rotatable bonds is 12. The average Bonchev–Trinajstić information content (AvgIpc) is 2.42. The van der Waals surface area contributed by atoms with E-state index in [1.807, 2.05) is 0 Å². The van der Waals surface area contributed by atoms with Crippen molar-refractivity contribution in [1.82, 2.24) is 5.32 Å². The molecule has 0 unspecified atom stereocenters. The third-order valence-corrected chi connectivity index (χ3v) is 3.31. The maximum Gasteiger partial charge on any atom is 0.246 e. The van der Waals surface area contributed by atoms with Crippen molar-refractivity contribution in [2.75, 3.05) is 6.54 Å². The molecule has 0 heterocycles. The van der Waals surface area contributed by atoms with Crippen molar-refractivity contribution in [3.63, 3.8) is 0 Å². The monoisotopic (exact) mass is 267 g/mol. The first-order valence-corrected chi connectivity index (χ1v) is 8.23. The molecular formula is C17H33NO. The van der Waals surface area contributed by atoms with Gasteiger partial charge in [0.2, 0.25) is 5.91 Å². The Morgan fingerprint density at radius 2 is 1.58 bits per heavy atom. The lowest BCUT2D eigenvalue weighted by atomic mass is 10.1. The molecule has 1 amide bonds. The average molecular weight is 267 g/mol.